The van der Waals surface area contributed by atoms with Crippen molar-refractivity contribution < 1.29 is 19.5 Å². The second-order valence-corrected chi connectivity index (χ2v) is 5.16. The molecule has 4 N–H and O–H groups in total. The predicted molar refractivity (Wildman–Crippen MR) is 75.3 cm³/mol. The average molecular weight is 287 g/mol. The number of carboxylic acid groups (broad SMARTS) is 1. The molecule has 0 aliphatic carbocycles. The van der Waals surface area contributed by atoms with Crippen LogP contribution in [0.5, 0.6) is 0 Å². The van der Waals surface area contributed by atoms with E-state index in [9.17, 15) is 14.4 Å². The molecule has 0 rings (SSSR count). The Morgan fingerprint density at radius 3 is 2.20 bits per heavy atom. The summed E-state index contributed by atoms with van der Waals surface area (Å²) < 4.78 is 0. The summed E-state index contributed by atoms with van der Waals surface area (Å²) >= 11 is 0. The highest BCUT2D eigenvalue weighted by Crippen LogP contribution is 1.99. The first-order chi connectivity index (χ1) is 9.27. The fourth-order valence-corrected chi connectivity index (χ4v) is 1.51. The average Bonchev–Trinajstić information content (AvgIpc) is 2.35. The van der Waals surface area contributed by atoms with Crippen LogP contribution >= 0.6 is 0 Å². The molecule has 0 radical (unpaired) electrons. The fraction of sp³-hybridized carbons (Fsp3) is 0.769. The lowest BCUT2D eigenvalue weighted by Crippen LogP contribution is -2.52. The minimum atomic E-state index is -1.00. The van der Waals surface area contributed by atoms with Crippen LogP contribution in [0.4, 0.5) is 4.79 Å². The van der Waals surface area contributed by atoms with Gasteiger partial charge in [0.15, 0.2) is 0 Å². The van der Waals surface area contributed by atoms with Crippen LogP contribution in [0.15, 0.2) is 0 Å². The van der Waals surface area contributed by atoms with Crippen LogP contribution in [0.2, 0.25) is 0 Å². The van der Waals surface area contributed by atoms with Crippen LogP contribution in [0, 0.1) is 5.92 Å². The lowest BCUT2D eigenvalue weighted by molar-refractivity contribution is -0.140. The number of carbonyl (C=O) groups excluding carboxylic acids is 2. The summed E-state index contributed by atoms with van der Waals surface area (Å²) in [4.78, 5) is 34.1. The Balaban J connectivity index is 4.26. The largest absolute Gasteiger partial charge is 0.480 e. The molecule has 7 nitrogen and oxygen atoms in total. The Kier molecular flexibility index (Phi) is 8.54. The summed E-state index contributed by atoms with van der Waals surface area (Å²) in [5.74, 6) is -1.27. The molecular weight excluding hydrogens is 262 g/mol. The number of hydrogen-bond acceptors (Lipinski definition) is 4. The van der Waals surface area contributed by atoms with Gasteiger partial charge in [-0.1, -0.05) is 27.2 Å². The molecule has 0 aromatic rings. The molecule has 0 saturated carbocycles. The molecule has 20 heavy (non-hydrogen) atoms. The molecule has 7 heteroatoms. The van der Waals surface area contributed by atoms with E-state index in [0.29, 0.717) is 19.4 Å². The van der Waals surface area contributed by atoms with Gasteiger partial charge in [0.1, 0.15) is 6.04 Å². The molecule has 0 saturated heterocycles. The third kappa shape index (κ3) is 7.73. The van der Waals surface area contributed by atoms with E-state index in [1.807, 2.05) is 20.8 Å². The predicted octanol–water partition coefficient (Wildman–Crippen LogP) is 0.700. The van der Waals surface area contributed by atoms with E-state index in [4.69, 9.17) is 5.11 Å². The van der Waals surface area contributed by atoms with Gasteiger partial charge in [-0.3, -0.25) is 20.2 Å². The van der Waals surface area contributed by atoms with Crippen molar-refractivity contribution in [3.63, 3.8) is 0 Å². The van der Waals surface area contributed by atoms with E-state index >= 15 is 0 Å². The van der Waals surface area contributed by atoms with Gasteiger partial charge in [0.25, 0.3) is 0 Å². The Hall–Kier alpha value is -1.63. The molecule has 0 aromatic carbocycles. The second kappa shape index (κ2) is 9.30. The van der Waals surface area contributed by atoms with Crippen molar-refractivity contribution in [2.45, 2.75) is 52.6 Å². The first kappa shape index (κ1) is 18.4. The van der Waals surface area contributed by atoms with Crippen LogP contribution in [0.3, 0.4) is 0 Å². The molecule has 0 heterocycles. The third-order valence-corrected chi connectivity index (χ3v) is 2.63. The van der Waals surface area contributed by atoms with E-state index in [1.54, 1.807) is 0 Å². The van der Waals surface area contributed by atoms with Crippen molar-refractivity contribution in [3.8, 4) is 0 Å². The summed E-state index contributed by atoms with van der Waals surface area (Å²) in [6.07, 6.45) is 1.11. The zero-order chi connectivity index (χ0) is 15.7. The molecule has 116 valence electrons. The maximum Gasteiger partial charge on any atom is 0.321 e. The van der Waals surface area contributed by atoms with Gasteiger partial charge in [-0.25, -0.2) is 4.79 Å². The number of carboxylic acids is 1. The maximum absolute atomic E-state index is 11.7. The molecule has 2 unspecified atom stereocenters. The summed E-state index contributed by atoms with van der Waals surface area (Å²) in [5.41, 5.74) is 0. The monoisotopic (exact) mass is 287 g/mol. The van der Waals surface area contributed by atoms with Gasteiger partial charge in [-0.05, 0) is 19.3 Å². The van der Waals surface area contributed by atoms with Gasteiger partial charge < -0.3 is 10.4 Å². The highest BCUT2D eigenvalue weighted by atomic mass is 16.4. The molecule has 0 aliphatic rings. The molecule has 0 aromatic heterocycles. The number of nitrogens with one attached hydrogen (secondary N) is 3. The first-order valence-electron chi connectivity index (χ1n) is 6.85. The summed E-state index contributed by atoms with van der Waals surface area (Å²) in [6.45, 7) is 7.73. The van der Waals surface area contributed by atoms with E-state index < -0.39 is 30.0 Å². The normalized spacial score (nSPS) is 13.7. The highest BCUT2D eigenvalue weighted by Gasteiger charge is 2.23. The number of carbonyl (C=O) groups is 3. The standard InChI is InChI=1S/C13H25N3O4/c1-5-6-10(12(18)19)15-9(4)11(17)16-13(20)14-7-8(2)3/h8-10,15H,5-7H2,1-4H3,(H,18,19)(H2,14,16,17,20). The molecule has 0 aliphatic heterocycles. The van der Waals surface area contributed by atoms with Crippen molar-refractivity contribution in [1.29, 1.82) is 0 Å². The molecule has 0 bridgehead atoms. The van der Waals surface area contributed by atoms with Gasteiger partial charge in [-0.15, -0.1) is 0 Å². The SMILES string of the molecule is CCCC(NC(C)C(=O)NC(=O)NCC(C)C)C(=O)O. The Bertz CT molecular complexity index is 345. The van der Waals surface area contributed by atoms with Crippen molar-refractivity contribution in [1.82, 2.24) is 16.0 Å². The molecular formula is C13H25N3O4. The van der Waals surface area contributed by atoms with Gasteiger partial charge in [0.05, 0.1) is 6.04 Å². The number of amides is 3. The lowest BCUT2D eigenvalue weighted by Gasteiger charge is -2.19. The number of urea groups is 1. The minimum absolute atomic E-state index is 0.285. The quantitative estimate of drug-likeness (QED) is 0.525. The number of rotatable bonds is 8. The summed E-state index contributed by atoms with van der Waals surface area (Å²) in [6, 6.07) is -2.12. The van der Waals surface area contributed by atoms with Gasteiger partial charge in [0.2, 0.25) is 5.91 Å². The van der Waals surface area contributed by atoms with Crippen molar-refractivity contribution in [2.24, 2.45) is 5.92 Å². The zero-order valence-electron chi connectivity index (χ0n) is 12.5. The summed E-state index contributed by atoms with van der Waals surface area (Å²) in [5, 5.41) is 16.4. The van der Waals surface area contributed by atoms with Crippen LogP contribution in [0.1, 0.15) is 40.5 Å². The topological polar surface area (TPSA) is 108 Å². The van der Waals surface area contributed by atoms with Crippen molar-refractivity contribution >= 4 is 17.9 Å². The van der Waals surface area contributed by atoms with E-state index in [1.165, 1.54) is 6.92 Å². The van der Waals surface area contributed by atoms with Crippen LogP contribution in [0.25, 0.3) is 0 Å². The second-order valence-electron chi connectivity index (χ2n) is 5.16. The van der Waals surface area contributed by atoms with Crippen molar-refractivity contribution in [3.05, 3.63) is 0 Å². The first-order valence-corrected chi connectivity index (χ1v) is 6.85. The van der Waals surface area contributed by atoms with E-state index in [0.717, 1.165) is 0 Å². The Labute approximate surface area is 119 Å². The maximum atomic E-state index is 11.7. The zero-order valence-corrected chi connectivity index (χ0v) is 12.5. The van der Waals surface area contributed by atoms with Gasteiger partial charge in [-0.2, -0.15) is 0 Å². The molecule has 2 atom stereocenters. The van der Waals surface area contributed by atoms with E-state index in [-0.39, 0.29) is 5.92 Å². The van der Waals surface area contributed by atoms with E-state index in [2.05, 4.69) is 16.0 Å². The minimum Gasteiger partial charge on any atom is -0.480 e. The number of hydrogen-bond donors (Lipinski definition) is 4. The highest BCUT2D eigenvalue weighted by molar-refractivity contribution is 5.97. The third-order valence-electron chi connectivity index (χ3n) is 2.63. The lowest BCUT2D eigenvalue weighted by atomic mass is 10.1. The molecule has 0 fully saturated rings. The van der Waals surface area contributed by atoms with Crippen LogP contribution in [-0.4, -0.2) is 41.6 Å². The number of aliphatic carboxylic acids is 1. The number of imide groups is 1. The Morgan fingerprint density at radius 1 is 1.15 bits per heavy atom. The smallest absolute Gasteiger partial charge is 0.321 e. The van der Waals surface area contributed by atoms with Crippen molar-refractivity contribution in [2.75, 3.05) is 6.54 Å². The Morgan fingerprint density at radius 2 is 1.75 bits per heavy atom. The van der Waals surface area contributed by atoms with Gasteiger partial charge in [0, 0.05) is 6.54 Å². The summed E-state index contributed by atoms with van der Waals surface area (Å²) in [7, 11) is 0. The van der Waals surface area contributed by atoms with Crippen LogP contribution in [-0.2, 0) is 9.59 Å². The fourth-order valence-electron chi connectivity index (χ4n) is 1.51. The van der Waals surface area contributed by atoms with Crippen LogP contribution < -0.4 is 16.0 Å². The molecule has 3 amide bonds. The van der Waals surface area contributed by atoms with Gasteiger partial charge >= 0.3 is 12.0 Å². The molecule has 0 spiro atoms.